The maximum absolute atomic E-state index is 4.40. The Bertz CT molecular complexity index is 313. The standard InChI is InChI=1S/C14H25N3/c1-2-6-14-16-10-12-17(14)11-5-9-15-13-7-3-4-8-13/h10,12-13,15H,2-9,11H2,1H3. The molecule has 0 saturated heterocycles. The number of rotatable bonds is 7. The van der Waals surface area contributed by atoms with E-state index >= 15 is 0 Å². The first-order valence-electron chi connectivity index (χ1n) is 7.13. The summed E-state index contributed by atoms with van der Waals surface area (Å²) in [6.45, 7) is 4.46. The fourth-order valence-electron chi connectivity index (χ4n) is 2.68. The van der Waals surface area contributed by atoms with Crippen LogP contribution in [0.15, 0.2) is 12.4 Å². The number of nitrogens with zero attached hydrogens (tertiary/aromatic N) is 2. The fourth-order valence-corrected chi connectivity index (χ4v) is 2.68. The molecular formula is C14H25N3. The number of aromatic nitrogens is 2. The molecule has 0 bridgehead atoms. The first-order valence-corrected chi connectivity index (χ1v) is 7.13. The Morgan fingerprint density at radius 1 is 1.41 bits per heavy atom. The van der Waals surface area contributed by atoms with Gasteiger partial charge in [0.15, 0.2) is 0 Å². The maximum atomic E-state index is 4.40. The summed E-state index contributed by atoms with van der Waals surface area (Å²) < 4.78 is 2.31. The average Bonchev–Trinajstić information content (AvgIpc) is 2.96. The van der Waals surface area contributed by atoms with E-state index in [0.29, 0.717) is 0 Å². The van der Waals surface area contributed by atoms with Gasteiger partial charge in [-0.3, -0.25) is 0 Å². The van der Waals surface area contributed by atoms with Gasteiger partial charge >= 0.3 is 0 Å². The smallest absolute Gasteiger partial charge is 0.108 e. The Morgan fingerprint density at radius 3 is 3.00 bits per heavy atom. The van der Waals surface area contributed by atoms with Crippen molar-refractivity contribution in [2.75, 3.05) is 6.54 Å². The molecule has 1 aromatic rings. The van der Waals surface area contributed by atoms with Crippen molar-refractivity contribution < 1.29 is 0 Å². The van der Waals surface area contributed by atoms with Crippen LogP contribution in [0.5, 0.6) is 0 Å². The minimum Gasteiger partial charge on any atom is -0.335 e. The third-order valence-electron chi connectivity index (χ3n) is 3.64. The molecule has 96 valence electrons. The highest BCUT2D eigenvalue weighted by molar-refractivity contribution is 4.92. The Hall–Kier alpha value is -0.830. The van der Waals surface area contributed by atoms with E-state index in [1.54, 1.807) is 0 Å². The van der Waals surface area contributed by atoms with E-state index in [-0.39, 0.29) is 0 Å². The van der Waals surface area contributed by atoms with Gasteiger partial charge in [0.05, 0.1) is 0 Å². The van der Waals surface area contributed by atoms with Gasteiger partial charge in [-0.2, -0.15) is 0 Å². The van der Waals surface area contributed by atoms with Gasteiger partial charge in [-0.15, -0.1) is 0 Å². The van der Waals surface area contributed by atoms with Crippen LogP contribution < -0.4 is 5.32 Å². The highest BCUT2D eigenvalue weighted by Gasteiger charge is 2.13. The van der Waals surface area contributed by atoms with Crippen molar-refractivity contribution in [3.8, 4) is 0 Å². The van der Waals surface area contributed by atoms with Crippen LogP contribution >= 0.6 is 0 Å². The fraction of sp³-hybridized carbons (Fsp3) is 0.786. The molecule has 1 saturated carbocycles. The lowest BCUT2D eigenvalue weighted by Crippen LogP contribution is -2.27. The second kappa shape index (κ2) is 6.80. The molecule has 1 aromatic heterocycles. The first-order chi connectivity index (χ1) is 8.40. The van der Waals surface area contributed by atoms with Crippen LogP contribution in [-0.2, 0) is 13.0 Å². The number of imidazole rings is 1. The summed E-state index contributed by atoms with van der Waals surface area (Å²) in [6, 6.07) is 0.799. The molecule has 0 spiro atoms. The molecule has 0 aliphatic heterocycles. The van der Waals surface area contributed by atoms with E-state index in [1.165, 1.54) is 44.3 Å². The summed E-state index contributed by atoms with van der Waals surface area (Å²) in [5.41, 5.74) is 0. The second-order valence-electron chi connectivity index (χ2n) is 5.08. The third-order valence-corrected chi connectivity index (χ3v) is 3.64. The van der Waals surface area contributed by atoms with Crippen molar-refractivity contribution in [3.05, 3.63) is 18.2 Å². The molecule has 0 aromatic carbocycles. The normalized spacial score (nSPS) is 16.8. The molecule has 3 heteroatoms. The summed E-state index contributed by atoms with van der Waals surface area (Å²) in [4.78, 5) is 4.40. The highest BCUT2D eigenvalue weighted by atomic mass is 15.1. The molecule has 1 N–H and O–H groups in total. The van der Waals surface area contributed by atoms with Crippen LogP contribution in [0.1, 0.15) is 51.3 Å². The lowest BCUT2D eigenvalue weighted by molar-refractivity contribution is 0.491. The topological polar surface area (TPSA) is 29.9 Å². The van der Waals surface area contributed by atoms with Gasteiger partial charge in [0, 0.05) is 31.4 Å². The minimum atomic E-state index is 0.799. The summed E-state index contributed by atoms with van der Waals surface area (Å²) in [5, 5.41) is 3.66. The van der Waals surface area contributed by atoms with Crippen molar-refractivity contribution in [2.45, 2.75) is 64.5 Å². The van der Waals surface area contributed by atoms with Crippen LogP contribution in [0.4, 0.5) is 0 Å². The molecule has 17 heavy (non-hydrogen) atoms. The Kier molecular flexibility index (Phi) is 5.05. The molecule has 0 atom stereocenters. The van der Waals surface area contributed by atoms with E-state index in [1.807, 2.05) is 6.20 Å². The monoisotopic (exact) mass is 235 g/mol. The van der Waals surface area contributed by atoms with Gasteiger partial charge in [0.25, 0.3) is 0 Å². The zero-order valence-corrected chi connectivity index (χ0v) is 11.0. The van der Waals surface area contributed by atoms with Crippen LogP contribution in [0.25, 0.3) is 0 Å². The number of nitrogens with one attached hydrogen (secondary N) is 1. The summed E-state index contributed by atoms with van der Waals surface area (Å²) in [6.07, 6.45) is 13.1. The van der Waals surface area contributed by atoms with Crippen molar-refractivity contribution in [2.24, 2.45) is 0 Å². The number of aryl methyl sites for hydroxylation is 2. The quantitative estimate of drug-likeness (QED) is 0.736. The second-order valence-corrected chi connectivity index (χ2v) is 5.08. The van der Waals surface area contributed by atoms with Crippen LogP contribution in [0.2, 0.25) is 0 Å². The Morgan fingerprint density at radius 2 is 2.24 bits per heavy atom. The van der Waals surface area contributed by atoms with Gasteiger partial charge in [0.2, 0.25) is 0 Å². The predicted molar refractivity (Wildman–Crippen MR) is 71.1 cm³/mol. The summed E-state index contributed by atoms with van der Waals surface area (Å²) in [5.74, 6) is 1.24. The highest BCUT2D eigenvalue weighted by Crippen LogP contribution is 2.17. The SMILES string of the molecule is CCCc1nccn1CCCNC1CCCC1. The van der Waals surface area contributed by atoms with Gasteiger partial charge < -0.3 is 9.88 Å². The van der Waals surface area contributed by atoms with E-state index in [2.05, 4.69) is 28.0 Å². The van der Waals surface area contributed by atoms with E-state index in [0.717, 1.165) is 25.6 Å². The molecule has 1 aliphatic rings. The molecular weight excluding hydrogens is 210 g/mol. The largest absolute Gasteiger partial charge is 0.335 e. The molecule has 0 amide bonds. The molecule has 3 nitrogen and oxygen atoms in total. The van der Waals surface area contributed by atoms with Gasteiger partial charge in [-0.25, -0.2) is 4.98 Å². The molecule has 1 fully saturated rings. The Labute approximate surface area is 105 Å². The van der Waals surface area contributed by atoms with E-state index < -0.39 is 0 Å². The number of hydrogen-bond donors (Lipinski definition) is 1. The molecule has 1 aliphatic carbocycles. The Balaban J connectivity index is 1.65. The van der Waals surface area contributed by atoms with Crippen LogP contribution in [0.3, 0.4) is 0 Å². The van der Waals surface area contributed by atoms with Gasteiger partial charge in [0.1, 0.15) is 5.82 Å². The van der Waals surface area contributed by atoms with Gasteiger partial charge in [-0.05, 0) is 32.2 Å². The molecule has 1 heterocycles. The van der Waals surface area contributed by atoms with Crippen molar-refractivity contribution in [1.82, 2.24) is 14.9 Å². The summed E-state index contributed by atoms with van der Waals surface area (Å²) >= 11 is 0. The van der Waals surface area contributed by atoms with Crippen molar-refractivity contribution >= 4 is 0 Å². The third kappa shape index (κ3) is 3.84. The molecule has 2 rings (SSSR count). The maximum Gasteiger partial charge on any atom is 0.108 e. The molecule has 0 unspecified atom stereocenters. The van der Waals surface area contributed by atoms with Crippen molar-refractivity contribution in [3.63, 3.8) is 0 Å². The zero-order valence-electron chi connectivity index (χ0n) is 11.0. The zero-order chi connectivity index (χ0) is 11.9. The predicted octanol–water partition coefficient (Wildman–Crippen LogP) is 2.76. The minimum absolute atomic E-state index is 0.799. The van der Waals surface area contributed by atoms with Crippen LogP contribution in [0, 0.1) is 0 Å². The molecule has 0 radical (unpaired) electrons. The average molecular weight is 235 g/mol. The lowest BCUT2D eigenvalue weighted by Gasteiger charge is -2.12. The van der Waals surface area contributed by atoms with E-state index in [9.17, 15) is 0 Å². The van der Waals surface area contributed by atoms with E-state index in [4.69, 9.17) is 0 Å². The van der Waals surface area contributed by atoms with Gasteiger partial charge in [-0.1, -0.05) is 19.8 Å². The first kappa shape index (κ1) is 12.6. The summed E-state index contributed by atoms with van der Waals surface area (Å²) in [7, 11) is 0. The lowest BCUT2D eigenvalue weighted by atomic mass is 10.2. The number of hydrogen-bond acceptors (Lipinski definition) is 2. The van der Waals surface area contributed by atoms with Crippen LogP contribution in [-0.4, -0.2) is 22.1 Å². The van der Waals surface area contributed by atoms with Crippen molar-refractivity contribution in [1.29, 1.82) is 0 Å².